The lowest BCUT2D eigenvalue weighted by Gasteiger charge is -2.11. The summed E-state index contributed by atoms with van der Waals surface area (Å²) in [6, 6.07) is 2.95. The van der Waals surface area contributed by atoms with Crippen molar-refractivity contribution < 1.29 is 32.6 Å². The molecule has 1 rings (SSSR count). The number of hydrogen-bond donors (Lipinski definition) is 2. The standard InChI is InChI=1S/C12H8F3NO4/c13-12(14,15)20-9-6-7(2-1-3-10(16)17)4-5-8(9)11(18)19/h4-6H,3H2,(H2,16,17)(H,18,19). The van der Waals surface area contributed by atoms with Crippen LogP contribution in [0.2, 0.25) is 0 Å². The van der Waals surface area contributed by atoms with E-state index in [1.165, 1.54) is 6.07 Å². The Hall–Kier alpha value is -2.69. The lowest BCUT2D eigenvalue weighted by Crippen LogP contribution is -2.19. The molecule has 0 saturated carbocycles. The predicted octanol–water partition coefficient (Wildman–Crippen LogP) is 1.51. The van der Waals surface area contributed by atoms with Crippen molar-refractivity contribution in [3.8, 4) is 17.6 Å². The molecule has 0 heterocycles. The smallest absolute Gasteiger partial charge is 0.478 e. The number of carboxylic acid groups (broad SMARTS) is 1. The van der Waals surface area contributed by atoms with Crippen molar-refractivity contribution in [2.75, 3.05) is 0 Å². The molecule has 5 nitrogen and oxygen atoms in total. The molecule has 0 saturated heterocycles. The van der Waals surface area contributed by atoms with Crippen LogP contribution in [-0.2, 0) is 4.79 Å². The minimum absolute atomic E-state index is 0.0653. The number of alkyl halides is 3. The first kappa shape index (κ1) is 15.4. The van der Waals surface area contributed by atoms with Gasteiger partial charge in [-0.05, 0) is 18.2 Å². The van der Waals surface area contributed by atoms with E-state index < -0.39 is 29.6 Å². The van der Waals surface area contributed by atoms with E-state index in [1.807, 2.05) is 0 Å². The van der Waals surface area contributed by atoms with Gasteiger partial charge in [0.25, 0.3) is 0 Å². The molecule has 8 heteroatoms. The Balaban J connectivity index is 3.12. The number of carbonyl (C=O) groups is 2. The quantitative estimate of drug-likeness (QED) is 0.825. The lowest BCUT2D eigenvalue weighted by molar-refractivity contribution is -0.274. The van der Waals surface area contributed by atoms with E-state index in [0.717, 1.165) is 12.1 Å². The van der Waals surface area contributed by atoms with Crippen molar-refractivity contribution in [2.45, 2.75) is 12.8 Å². The Bertz CT molecular complexity index is 599. The fourth-order valence-corrected chi connectivity index (χ4v) is 1.22. The summed E-state index contributed by atoms with van der Waals surface area (Å²) < 4.78 is 40.1. The molecule has 0 aliphatic carbocycles. The summed E-state index contributed by atoms with van der Waals surface area (Å²) in [5.41, 5.74) is 4.26. The van der Waals surface area contributed by atoms with Crippen LogP contribution in [0.1, 0.15) is 22.3 Å². The van der Waals surface area contributed by atoms with Crippen LogP contribution in [0.5, 0.6) is 5.75 Å². The average molecular weight is 287 g/mol. The van der Waals surface area contributed by atoms with Gasteiger partial charge in [0.1, 0.15) is 11.3 Å². The predicted molar refractivity (Wildman–Crippen MR) is 60.8 cm³/mol. The number of primary amides is 1. The Morgan fingerprint density at radius 2 is 2.00 bits per heavy atom. The largest absolute Gasteiger partial charge is 0.573 e. The van der Waals surface area contributed by atoms with Crippen molar-refractivity contribution in [1.82, 2.24) is 0 Å². The molecule has 0 unspecified atom stereocenters. The zero-order valence-electron chi connectivity index (χ0n) is 9.82. The molecule has 3 N–H and O–H groups in total. The normalized spacial score (nSPS) is 10.3. The highest BCUT2D eigenvalue weighted by Gasteiger charge is 2.33. The fraction of sp³-hybridized carbons (Fsp3) is 0.167. The van der Waals surface area contributed by atoms with Crippen molar-refractivity contribution >= 4 is 11.9 Å². The van der Waals surface area contributed by atoms with E-state index in [2.05, 4.69) is 16.6 Å². The molecule has 0 fully saturated rings. The number of ether oxygens (including phenoxy) is 1. The Labute approximate surface area is 111 Å². The lowest BCUT2D eigenvalue weighted by atomic mass is 10.1. The van der Waals surface area contributed by atoms with Crippen molar-refractivity contribution in [1.29, 1.82) is 0 Å². The van der Waals surface area contributed by atoms with Gasteiger partial charge in [0.2, 0.25) is 5.91 Å². The average Bonchev–Trinajstić information content (AvgIpc) is 2.25. The summed E-state index contributed by atoms with van der Waals surface area (Å²) >= 11 is 0. The van der Waals surface area contributed by atoms with Crippen LogP contribution in [0.3, 0.4) is 0 Å². The number of hydrogen-bond acceptors (Lipinski definition) is 3. The van der Waals surface area contributed by atoms with Crippen LogP contribution in [0.4, 0.5) is 13.2 Å². The maximum Gasteiger partial charge on any atom is 0.573 e. The fourth-order valence-electron chi connectivity index (χ4n) is 1.22. The second-order valence-electron chi connectivity index (χ2n) is 3.51. The van der Waals surface area contributed by atoms with Crippen LogP contribution in [0.15, 0.2) is 18.2 Å². The van der Waals surface area contributed by atoms with Gasteiger partial charge in [-0.2, -0.15) is 0 Å². The third-order valence-electron chi connectivity index (χ3n) is 1.93. The summed E-state index contributed by atoms with van der Waals surface area (Å²) in [5.74, 6) is 1.57. The van der Waals surface area contributed by atoms with E-state index in [-0.39, 0.29) is 12.0 Å². The van der Waals surface area contributed by atoms with E-state index in [0.29, 0.717) is 0 Å². The highest BCUT2D eigenvalue weighted by Crippen LogP contribution is 2.27. The molecule has 0 atom stereocenters. The van der Waals surface area contributed by atoms with Gasteiger partial charge in [-0.15, -0.1) is 13.2 Å². The summed E-state index contributed by atoms with van der Waals surface area (Å²) in [5, 5.41) is 8.76. The number of benzene rings is 1. The number of carbonyl (C=O) groups excluding carboxylic acids is 1. The van der Waals surface area contributed by atoms with Crippen molar-refractivity contribution in [3.05, 3.63) is 29.3 Å². The topological polar surface area (TPSA) is 89.6 Å². The summed E-state index contributed by atoms with van der Waals surface area (Å²) in [7, 11) is 0. The molecule has 106 valence electrons. The number of halogens is 3. The van der Waals surface area contributed by atoms with Crippen LogP contribution in [0.25, 0.3) is 0 Å². The van der Waals surface area contributed by atoms with E-state index in [4.69, 9.17) is 10.8 Å². The van der Waals surface area contributed by atoms with Gasteiger partial charge < -0.3 is 15.6 Å². The Morgan fingerprint density at radius 1 is 1.35 bits per heavy atom. The first-order valence-electron chi connectivity index (χ1n) is 5.09. The number of amides is 1. The SMILES string of the molecule is NC(=O)CC#Cc1ccc(C(=O)O)c(OC(F)(F)F)c1. The molecule has 0 radical (unpaired) electrons. The third kappa shape index (κ3) is 4.89. The van der Waals surface area contributed by atoms with E-state index in [9.17, 15) is 22.8 Å². The maximum absolute atomic E-state index is 12.2. The Morgan fingerprint density at radius 3 is 2.50 bits per heavy atom. The van der Waals surface area contributed by atoms with Gasteiger partial charge in [0.05, 0.1) is 6.42 Å². The number of nitrogens with two attached hydrogens (primary N) is 1. The molecular formula is C12H8F3NO4. The molecule has 0 aliphatic heterocycles. The Kier molecular flexibility index (Phi) is 4.59. The zero-order chi connectivity index (χ0) is 15.3. The van der Waals surface area contributed by atoms with Gasteiger partial charge in [0, 0.05) is 5.56 Å². The van der Waals surface area contributed by atoms with Gasteiger partial charge in [-0.3, -0.25) is 4.79 Å². The molecule has 20 heavy (non-hydrogen) atoms. The highest BCUT2D eigenvalue weighted by molar-refractivity contribution is 5.91. The van der Waals surface area contributed by atoms with E-state index >= 15 is 0 Å². The van der Waals surface area contributed by atoms with Crippen LogP contribution in [0, 0.1) is 11.8 Å². The van der Waals surface area contributed by atoms with Crippen LogP contribution >= 0.6 is 0 Å². The maximum atomic E-state index is 12.2. The van der Waals surface area contributed by atoms with Crippen LogP contribution < -0.4 is 10.5 Å². The molecule has 1 aromatic carbocycles. The number of aromatic carboxylic acids is 1. The zero-order valence-corrected chi connectivity index (χ0v) is 9.82. The summed E-state index contributed by atoms with van der Waals surface area (Å²) in [4.78, 5) is 21.2. The minimum atomic E-state index is -5.02. The van der Waals surface area contributed by atoms with Gasteiger partial charge in [-0.25, -0.2) is 4.79 Å². The van der Waals surface area contributed by atoms with E-state index in [1.54, 1.807) is 0 Å². The van der Waals surface area contributed by atoms with Gasteiger partial charge >= 0.3 is 12.3 Å². The summed E-state index contributed by atoms with van der Waals surface area (Å²) in [6.07, 6.45) is -5.29. The number of rotatable bonds is 3. The monoisotopic (exact) mass is 287 g/mol. The minimum Gasteiger partial charge on any atom is -0.478 e. The second kappa shape index (κ2) is 5.97. The van der Waals surface area contributed by atoms with Crippen molar-refractivity contribution in [2.24, 2.45) is 5.73 Å². The van der Waals surface area contributed by atoms with Crippen LogP contribution in [-0.4, -0.2) is 23.3 Å². The second-order valence-corrected chi connectivity index (χ2v) is 3.51. The first-order valence-corrected chi connectivity index (χ1v) is 5.09. The first-order chi connectivity index (χ1) is 9.19. The molecule has 0 spiro atoms. The number of carboxylic acids is 1. The van der Waals surface area contributed by atoms with Crippen molar-refractivity contribution in [3.63, 3.8) is 0 Å². The van der Waals surface area contributed by atoms with Gasteiger partial charge in [0.15, 0.2) is 0 Å². The molecule has 1 aromatic rings. The molecule has 1 amide bonds. The molecule has 0 bridgehead atoms. The molecule has 0 aliphatic rings. The third-order valence-corrected chi connectivity index (χ3v) is 1.93. The summed E-state index contributed by atoms with van der Waals surface area (Å²) in [6.45, 7) is 0. The highest BCUT2D eigenvalue weighted by atomic mass is 19.4. The molecular weight excluding hydrogens is 279 g/mol. The molecule has 0 aromatic heterocycles. The van der Waals surface area contributed by atoms with Gasteiger partial charge in [-0.1, -0.05) is 11.8 Å².